The molecule has 0 N–H and O–H groups in total. The first kappa shape index (κ1) is 21.2. The number of hydrogen-bond acceptors (Lipinski definition) is 5. The van der Waals surface area contributed by atoms with Crippen molar-refractivity contribution in [2.24, 2.45) is 7.05 Å². The second-order valence-electron chi connectivity index (χ2n) is 8.73. The zero-order valence-electron chi connectivity index (χ0n) is 19.3. The molecule has 0 bridgehead atoms. The average Bonchev–Trinajstić information content (AvgIpc) is 3.52. The van der Waals surface area contributed by atoms with E-state index in [1.165, 1.54) is 12.1 Å². The Balaban J connectivity index is 1.34. The van der Waals surface area contributed by atoms with E-state index in [2.05, 4.69) is 15.4 Å². The minimum atomic E-state index is -0.335. The highest BCUT2D eigenvalue weighted by Crippen LogP contribution is 2.34. The number of nitrogens with zero attached hydrogens (tertiary/aromatic N) is 7. The second kappa shape index (κ2) is 8.12. The molecule has 174 valence electrons. The van der Waals surface area contributed by atoms with Crippen LogP contribution in [0.5, 0.6) is 0 Å². The average molecular weight is 468 g/mol. The number of carbonyl (C=O) groups excluding carboxylic acids is 1. The van der Waals surface area contributed by atoms with Gasteiger partial charge in [-0.25, -0.2) is 8.91 Å². The van der Waals surface area contributed by atoms with Crippen LogP contribution < -0.4 is 0 Å². The zero-order chi connectivity index (χ0) is 24.1. The summed E-state index contributed by atoms with van der Waals surface area (Å²) in [5.41, 5.74) is 6.23. The molecule has 9 heteroatoms. The highest BCUT2D eigenvalue weighted by atomic mass is 19.1. The van der Waals surface area contributed by atoms with Crippen LogP contribution in [0.15, 0.2) is 67.1 Å². The molecule has 1 atom stereocenters. The van der Waals surface area contributed by atoms with Gasteiger partial charge in [-0.2, -0.15) is 5.10 Å². The molecule has 1 amide bonds. The van der Waals surface area contributed by atoms with Crippen molar-refractivity contribution < 1.29 is 9.18 Å². The Bertz CT molecular complexity index is 1590. The highest BCUT2D eigenvalue weighted by molar-refractivity contribution is 5.97. The Hall–Kier alpha value is -4.40. The van der Waals surface area contributed by atoms with Crippen LogP contribution >= 0.6 is 0 Å². The van der Waals surface area contributed by atoms with E-state index in [-0.39, 0.29) is 17.8 Å². The van der Waals surface area contributed by atoms with E-state index in [0.717, 1.165) is 39.3 Å². The van der Waals surface area contributed by atoms with Crippen LogP contribution in [0.1, 0.15) is 34.6 Å². The second-order valence-corrected chi connectivity index (χ2v) is 8.73. The first-order valence-electron chi connectivity index (χ1n) is 11.4. The number of hydrogen-bond donors (Lipinski definition) is 0. The molecule has 0 saturated carbocycles. The fraction of sp³-hybridized carbons (Fsp3) is 0.192. The third-order valence-electron chi connectivity index (χ3n) is 6.59. The van der Waals surface area contributed by atoms with Crippen LogP contribution in [-0.4, -0.2) is 46.9 Å². The predicted molar refractivity (Wildman–Crippen MR) is 128 cm³/mol. The lowest BCUT2D eigenvalue weighted by atomic mass is 9.94. The van der Waals surface area contributed by atoms with Crippen LogP contribution in [0.25, 0.3) is 28.0 Å². The van der Waals surface area contributed by atoms with Crippen molar-refractivity contribution in [2.75, 3.05) is 6.54 Å². The highest BCUT2D eigenvalue weighted by Gasteiger charge is 2.31. The number of aromatic nitrogens is 6. The van der Waals surface area contributed by atoms with Gasteiger partial charge < -0.3 is 4.90 Å². The molecule has 35 heavy (non-hydrogen) atoms. The quantitative estimate of drug-likeness (QED) is 0.398. The summed E-state index contributed by atoms with van der Waals surface area (Å²) < 4.78 is 17.7. The maximum atomic E-state index is 14.3. The lowest BCUT2D eigenvalue weighted by molar-refractivity contribution is 0.0671. The van der Waals surface area contributed by atoms with Gasteiger partial charge in [-0.15, -0.1) is 5.10 Å². The molecule has 0 spiro atoms. The van der Waals surface area contributed by atoms with E-state index < -0.39 is 0 Å². The summed E-state index contributed by atoms with van der Waals surface area (Å²) in [7, 11) is 1.84. The van der Waals surface area contributed by atoms with Gasteiger partial charge in [-0.1, -0.05) is 17.3 Å². The van der Waals surface area contributed by atoms with Crippen LogP contribution in [-0.2, 0) is 13.5 Å². The molecule has 0 radical (unpaired) electrons. The Labute approximate surface area is 200 Å². The van der Waals surface area contributed by atoms with Crippen molar-refractivity contribution in [1.29, 1.82) is 0 Å². The molecular weight excluding hydrogens is 445 g/mol. The molecule has 0 saturated heterocycles. The van der Waals surface area contributed by atoms with E-state index in [1.54, 1.807) is 32.6 Å². The number of pyridine rings is 2. The zero-order valence-corrected chi connectivity index (χ0v) is 19.3. The van der Waals surface area contributed by atoms with Crippen molar-refractivity contribution in [3.8, 4) is 22.5 Å². The molecule has 8 nitrogen and oxygen atoms in total. The summed E-state index contributed by atoms with van der Waals surface area (Å²) in [6, 6.07) is 13.8. The lowest BCUT2D eigenvalue weighted by Crippen LogP contribution is -2.40. The molecular formula is C26H22FN7O. The van der Waals surface area contributed by atoms with Crippen molar-refractivity contribution in [3.05, 3.63) is 89.8 Å². The van der Waals surface area contributed by atoms with Gasteiger partial charge >= 0.3 is 0 Å². The molecule has 5 heterocycles. The molecule has 1 aliphatic heterocycles. The Kier molecular flexibility index (Phi) is 4.91. The fourth-order valence-electron chi connectivity index (χ4n) is 4.80. The molecule has 0 aliphatic carbocycles. The van der Waals surface area contributed by atoms with E-state index >= 15 is 0 Å². The number of fused-ring (bicyclic) bond motifs is 2. The Morgan fingerprint density at radius 3 is 2.74 bits per heavy atom. The number of benzene rings is 1. The van der Waals surface area contributed by atoms with Gasteiger partial charge in [0.1, 0.15) is 5.82 Å². The Morgan fingerprint density at radius 1 is 1.06 bits per heavy atom. The van der Waals surface area contributed by atoms with Gasteiger partial charge in [0.15, 0.2) is 0 Å². The molecule has 5 aromatic rings. The predicted octanol–water partition coefficient (Wildman–Crippen LogP) is 4.09. The normalized spacial score (nSPS) is 14.4. The summed E-state index contributed by atoms with van der Waals surface area (Å²) in [6.45, 7) is 2.42. The molecule has 0 fully saturated rings. The van der Waals surface area contributed by atoms with E-state index in [1.807, 2.05) is 50.5 Å². The van der Waals surface area contributed by atoms with Gasteiger partial charge in [0.2, 0.25) is 0 Å². The van der Waals surface area contributed by atoms with Crippen molar-refractivity contribution in [1.82, 2.24) is 34.5 Å². The van der Waals surface area contributed by atoms with E-state index in [0.29, 0.717) is 18.5 Å². The van der Waals surface area contributed by atoms with Crippen LogP contribution in [0.3, 0.4) is 0 Å². The van der Waals surface area contributed by atoms with Gasteiger partial charge in [-0.05, 0) is 54.4 Å². The first-order chi connectivity index (χ1) is 17.0. The fourth-order valence-corrected chi connectivity index (χ4v) is 4.80. The van der Waals surface area contributed by atoms with Crippen LogP contribution in [0.4, 0.5) is 4.39 Å². The number of carbonyl (C=O) groups is 1. The Morgan fingerprint density at radius 2 is 1.91 bits per heavy atom. The molecule has 6 rings (SSSR count). The van der Waals surface area contributed by atoms with Gasteiger partial charge in [0, 0.05) is 31.8 Å². The number of aryl methyl sites for hydroxylation is 1. The third kappa shape index (κ3) is 3.56. The largest absolute Gasteiger partial charge is 0.331 e. The van der Waals surface area contributed by atoms with Crippen LogP contribution in [0, 0.1) is 5.82 Å². The maximum Gasteiger partial charge on any atom is 0.256 e. The SMILES string of the molecule is CC(c1cc(F)ccc1-c1cnn(C)c1)N1CCc2nc(-c3cccc4cnnn34)ccc2C1=O. The van der Waals surface area contributed by atoms with Gasteiger partial charge in [0.05, 0.1) is 46.6 Å². The lowest BCUT2D eigenvalue weighted by Gasteiger charge is -2.34. The maximum absolute atomic E-state index is 14.3. The summed E-state index contributed by atoms with van der Waals surface area (Å²) in [4.78, 5) is 20.1. The summed E-state index contributed by atoms with van der Waals surface area (Å²) in [5, 5.41) is 12.4. The standard InChI is InChI=1S/C26H22FN7O/c1-16(22-12-18(27)6-7-20(22)17-13-29-32(2)15-17)33-11-10-23-21(26(33)35)8-9-24(30-23)25-5-3-4-19-14-28-31-34(19)25/h3-9,12-16H,10-11H2,1-2H3. The number of rotatable bonds is 4. The van der Waals surface area contributed by atoms with Gasteiger partial charge in [0.25, 0.3) is 5.91 Å². The number of halogens is 1. The minimum absolute atomic E-state index is 0.113. The first-order valence-corrected chi connectivity index (χ1v) is 11.4. The van der Waals surface area contributed by atoms with Crippen LogP contribution in [0.2, 0.25) is 0 Å². The third-order valence-corrected chi connectivity index (χ3v) is 6.59. The molecule has 1 aromatic carbocycles. The molecule has 4 aromatic heterocycles. The van der Waals surface area contributed by atoms with E-state index in [4.69, 9.17) is 4.98 Å². The minimum Gasteiger partial charge on any atom is -0.331 e. The van der Waals surface area contributed by atoms with Crippen molar-refractivity contribution in [2.45, 2.75) is 19.4 Å². The molecule has 1 unspecified atom stereocenters. The monoisotopic (exact) mass is 467 g/mol. The summed E-state index contributed by atoms with van der Waals surface area (Å²) in [5.74, 6) is -0.448. The van der Waals surface area contributed by atoms with Crippen molar-refractivity contribution >= 4 is 11.4 Å². The number of amides is 1. The summed E-state index contributed by atoms with van der Waals surface area (Å²) in [6.07, 6.45) is 5.93. The smallest absolute Gasteiger partial charge is 0.256 e. The van der Waals surface area contributed by atoms with Crippen molar-refractivity contribution in [3.63, 3.8) is 0 Å². The summed E-state index contributed by atoms with van der Waals surface area (Å²) >= 11 is 0. The van der Waals surface area contributed by atoms with Gasteiger partial charge in [-0.3, -0.25) is 14.5 Å². The van der Waals surface area contributed by atoms with E-state index in [9.17, 15) is 9.18 Å². The topological polar surface area (TPSA) is 81.2 Å². The molecule has 1 aliphatic rings.